The molecule has 152 valence electrons. The number of hydrogen-bond donors (Lipinski definition) is 2. The number of amides is 2. The molecule has 1 fully saturated rings. The molecule has 0 saturated carbocycles. The summed E-state index contributed by atoms with van der Waals surface area (Å²) in [5.41, 5.74) is -0.244. The van der Waals surface area contributed by atoms with Crippen LogP contribution in [-0.2, 0) is 25.5 Å². The molecule has 1 aromatic heterocycles. The summed E-state index contributed by atoms with van der Waals surface area (Å²) < 4.78 is 9.97. The topological polar surface area (TPSA) is 107 Å². The molecule has 0 radical (unpaired) electrons. The van der Waals surface area contributed by atoms with Gasteiger partial charge >= 0.3 is 5.97 Å². The summed E-state index contributed by atoms with van der Waals surface area (Å²) >= 11 is 1.42. The zero-order valence-electron chi connectivity index (χ0n) is 15.9. The van der Waals surface area contributed by atoms with Crippen LogP contribution in [0.2, 0.25) is 0 Å². The Morgan fingerprint density at radius 1 is 1.21 bits per heavy atom. The van der Waals surface area contributed by atoms with Gasteiger partial charge in [0.05, 0.1) is 17.8 Å². The van der Waals surface area contributed by atoms with E-state index in [0.29, 0.717) is 5.92 Å². The minimum absolute atomic E-state index is 0.221. The lowest BCUT2D eigenvalue weighted by Crippen LogP contribution is -2.35. The van der Waals surface area contributed by atoms with Crippen LogP contribution in [-0.4, -0.2) is 43.1 Å². The number of carbonyl (C=O) groups excluding carboxylic acids is 3. The largest absolute Gasteiger partial charge is 0.464 e. The number of thiazole rings is 1. The van der Waals surface area contributed by atoms with E-state index in [2.05, 4.69) is 33.5 Å². The summed E-state index contributed by atoms with van der Waals surface area (Å²) in [4.78, 5) is 39.9. The first kappa shape index (κ1) is 21.8. The standard InChI is InChI=1S/C19H25N3O5S/c1-12(17(23)21-13(2)19(25)26-3)20-18(24)15-11-28-16(22-15)10-14-6-4-5-8-27-9-7-14/h11,14H,1-2,4-10H2,3H3,(H,20,24)(H,21,23). The van der Waals surface area contributed by atoms with Crippen LogP contribution >= 0.6 is 11.3 Å². The molecular formula is C19H25N3O5S. The molecular weight excluding hydrogens is 382 g/mol. The van der Waals surface area contributed by atoms with E-state index in [1.807, 2.05) is 0 Å². The molecule has 0 aromatic carbocycles. The average Bonchev–Trinajstić information content (AvgIpc) is 3.11. The smallest absolute Gasteiger partial charge is 0.353 e. The van der Waals surface area contributed by atoms with Crippen molar-refractivity contribution in [3.63, 3.8) is 0 Å². The van der Waals surface area contributed by atoms with Crippen LogP contribution in [0.25, 0.3) is 0 Å². The first-order chi connectivity index (χ1) is 13.4. The molecule has 0 spiro atoms. The summed E-state index contributed by atoms with van der Waals surface area (Å²) in [7, 11) is 1.17. The second-order valence-corrected chi connectivity index (χ2v) is 7.39. The minimum Gasteiger partial charge on any atom is -0.464 e. The van der Waals surface area contributed by atoms with Crippen molar-refractivity contribution in [1.29, 1.82) is 0 Å². The Bertz CT molecular complexity index is 751. The van der Waals surface area contributed by atoms with Crippen molar-refractivity contribution < 1.29 is 23.9 Å². The Morgan fingerprint density at radius 3 is 2.75 bits per heavy atom. The fourth-order valence-electron chi connectivity index (χ4n) is 2.74. The Balaban J connectivity index is 1.87. The molecule has 1 aromatic rings. The quantitative estimate of drug-likeness (QED) is 0.528. The van der Waals surface area contributed by atoms with Gasteiger partial charge in [0.1, 0.15) is 11.4 Å². The monoisotopic (exact) mass is 407 g/mol. The molecule has 9 heteroatoms. The number of aromatic nitrogens is 1. The summed E-state index contributed by atoms with van der Waals surface area (Å²) in [5.74, 6) is -1.58. The molecule has 1 atom stereocenters. The zero-order valence-corrected chi connectivity index (χ0v) is 16.7. The summed E-state index contributed by atoms with van der Waals surface area (Å²) in [6.45, 7) is 8.47. The predicted octanol–water partition coefficient (Wildman–Crippen LogP) is 1.94. The van der Waals surface area contributed by atoms with Gasteiger partial charge in [0.2, 0.25) is 0 Å². The molecule has 2 N–H and O–H groups in total. The van der Waals surface area contributed by atoms with E-state index < -0.39 is 17.8 Å². The van der Waals surface area contributed by atoms with Crippen molar-refractivity contribution in [2.24, 2.45) is 5.92 Å². The second-order valence-electron chi connectivity index (χ2n) is 6.45. The van der Waals surface area contributed by atoms with Crippen molar-refractivity contribution in [2.75, 3.05) is 20.3 Å². The predicted molar refractivity (Wildman–Crippen MR) is 104 cm³/mol. The number of methoxy groups -OCH3 is 1. The SMILES string of the molecule is C=C(NC(=O)c1csc(CC2CCCCOCC2)n1)C(=O)NC(=C)C(=O)OC. The Morgan fingerprint density at radius 2 is 2.00 bits per heavy atom. The lowest BCUT2D eigenvalue weighted by atomic mass is 9.95. The number of nitrogens with zero attached hydrogens (tertiary/aromatic N) is 1. The molecule has 2 amide bonds. The van der Waals surface area contributed by atoms with Crippen LogP contribution in [0.15, 0.2) is 29.9 Å². The van der Waals surface area contributed by atoms with Crippen molar-refractivity contribution in [2.45, 2.75) is 32.1 Å². The summed E-state index contributed by atoms with van der Waals surface area (Å²) in [5, 5.41) is 7.12. The third-order valence-electron chi connectivity index (χ3n) is 4.30. The molecule has 1 saturated heterocycles. The van der Waals surface area contributed by atoms with Crippen molar-refractivity contribution in [3.8, 4) is 0 Å². The van der Waals surface area contributed by atoms with Crippen LogP contribution in [0.3, 0.4) is 0 Å². The Kier molecular flexibility index (Phi) is 8.34. The number of ether oxygens (including phenoxy) is 2. The number of hydrogen-bond acceptors (Lipinski definition) is 7. The van der Waals surface area contributed by atoms with E-state index in [1.165, 1.54) is 18.4 Å². The Labute approximate surface area is 168 Å². The van der Waals surface area contributed by atoms with Crippen LogP contribution in [0.4, 0.5) is 0 Å². The average molecular weight is 407 g/mol. The molecule has 2 rings (SSSR count). The molecule has 0 bridgehead atoms. The highest BCUT2D eigenvalue weighted by Gasteiger charge is 2.19. The number of rotatable bonds is 7. The third kappa shape index (κ3) is 6.58. The molecule has 1 unspecified atom stereocenters. The van der Waals surface area contributed by atoms with Crippen molar-refractivity contribution in [1.82, 2.24) is 15.6 Å². The van der Waals surface area contributed by atoms with Gasteiger partial charge in [-0.1, -0.05) is 19.6 Å². The van der Waals surface area contributed by atoms with E-state index in [-0.39, 0.29) is 17.1 Å². The van der Waals surface area contributed by atoms with Crippen LogP contribution < -0.4 is 10.6 Å². The lowest BCUT2D eigenvalue weighted by Gasteiger charge is -2.18. The van der Waals surface area contributed by atoms with Gasteiger partial charge in [-0.15, -0.1) is 11.3 Å². The van der Waals surface area contributed by atoms with E-state index >= 15 is 0 Å². The first-order valence-corrected chi connectivity index (χ1v) is 9.89. The Hall–Kier alpha value is -2.52. The normalized spacial score (nSPS) is 17.0. The highest BCUT2D eigenvalue weighted by molar-refractivity contribution is 7.09. The van der Waals surface area contributed by atoms with Gasteiger partial charge in [-0.3, -0.25) is 9.59 Å². The van der Waals surface area contributed by atoms with Gasteiger partial charge in [-0.25, -0.2) is 9.78 Å². The zero-order chi connectivity index (χ0) is 20.5. The lowest BCUT2D eigenvalue weighted by molar-refractivity contribution is -0.137. The molecule has 0 aliphatic carbocycles. The molecule has 28 heavy (non-hydrogen) atoms. The van der Waals surface area contributed by atoms with Crippen molar-refractivity contribution >= 4 is 29.1 Å². The van der Waals surface area contributed by atoms with Gasteiger partial charge in [0, 0.05) is 25.0 Å². The summed E-state index contributed by atoms with van der Waals surface area (Å²) in [6.07, 6.45) is 5.14. The van der Waals surface area contributed by atoms with Gasteiger partial charge in [-0.2, -0.15) is 0 Å². The fourth-order valence-corrected chi connectivity index (χ4v) is 3.63. The van der Waals surface area contributed by atoms with Crippen LogP contribution in [0, 0.1) is 5.92 Å². The maximum Gasteiger partial charge on any atom is 0.353 e. The second kappa shape index (κ2) is 10.7. The van der Waals surface area contributed by atoms with Gasteiger partial charge in [-0.05, 0) is 25.2 Å². The molecule has 8 nitrogen and oxygen atoms in total. The van der Waals surface area contributed by atoms with Gasteiger partial charge in [0.15, 0.2) is 0 Å². The number of carbonyl (C=O) groups is 3. The fraction of sp³-hybridized carbons (Fsp3) is 0.474. The van der Waals surface area contributed by atoms with E-state index in [0.717, 1.165) is 50.3 Å². The van der Waals surface area contributed by atoms with Gasteiger partial charge in [0.25, 0.3) is 11.8 Å². The maximum atomic E-state index is 12.3. The van der Waals surface area contributed by atoms with E-state index in [9.17, 15) is 14.4 Å². The molecule has 2 heterocycles. The minimum atomic E-state index is -0.781. The summed E-state index contributed by atoms with van der Waals surface area (Å²) in [6, 6.07) is 0. The van der Waals surface area contributed by atoms with E-state index in [4.69, 9.17) is 4.74 Å². The molecule has 1 aliphatic rings. The maximum absolute atomic E-state index is 12.3. The molecule has 1 aliphatic heterocycles. The highest BCUT2D eigenvalue weighted by atomic mass is 32.1. The first-order valence-electron chi connectivity index (χ1n) is 9.01. The van der Waals surface area contributed by atoms with Crippen LogP contribution in [0.1, 0.15) is 41.2 Å². The third-order valence-corrected chi connectivity index (χ3v) is 5.18. The number of esters is 1. The number of nitrogens with one attached hydrogen (secondary N) is 2. The van der Waals surface area contributed by atoms with Gasteiger partial charge < -0.3 is 20.1 Å². The van der Waals surface area contributed by atoms with E-state index in [1.54, 1.807) is 5.38 Å². The van der Waals surface area contributed by atoms with Crippen molar-refractivity contribution in [3.05, 3.63) is 40.6 Å². The van der Waals surface area contributed by atoms with Crippen LogP contribution in [0.5, 0.6) is 0 Å². The highest BCUT2D eigenvalue weighted by Crippen LogP contribution is 2.23.